The number of hydrogen-bond donors (Lipinski definition) is 1. The van der Waals surface area contributed by atoms with E-state index in [1.165, 1.54) is 6.08 Å². The molecule has 0 unspecified atom stereocenters. The second-order valence-electron chi connectivity index (χ2n) is 5.21. The van der Waals surface area contributed by atoms with Crippen molar-refractivity contribution in [2.24, 2.45) is 0 Å². The lowest BCUT2D eigenvalue weighted by Crippen LogP contribution is -2.07. The lowest BCUT2D eigenvalue weighted by molar-refractivity contribution is -0.111. The molecule has 2 aromatic carbocycles. The molecular weight excluding hydrogens is 340 g/mol. The number of anilines is 1. The number of benzene rings is 2. The third-order valence-corrected chi connectivity index (χ3v) is 4.35. The molecule has 0 spiro atoms. The first-order valence-electron chi connectivity index (χ1n) is 7.37. The molecule has 1 aromatic heterocycles. The number of nitrogens with zero attached hydrogens (tertiary/aromatic N) is 1. The SMILES string of the molecule is Cc1nc(-c2ccc(NC(=O)/C=C/c3cccc(Cl)c3)cc2)cs1. The fourth-order valence-electron chi connectivity index (χ4n) is 2.19. The van der Waals surface area contributed by atoms with E-state index in [1.54, 1.807) is 29.5 Å². The maximum atomic E-state index is 12.0. The predicted octanol–water partition coefficient (Wildman–Crippen LogP) is 5.42. The molecule has 0 aliphatic carbocycles. The Morgan fingerprint density at radius 1 is 1.21 bits per heavy atom. The number of hydrogen-bond acceptors (Lipinski definition) is 3. The number of halogens is 1. The third-order valence-electron chi connectivity index (χ3n) is 3.34. The molecular formula is C19H15ClN2OS. The molecule has 3 aromatic rings. The van der Waals surface area contributed by atoms with Gasteiger partial charge in [-0.15, -0.1) is 11.3 Å². The van der Waals surface area contributed by atoms with E-state index in [0.717, 1.165) is 27.5 Å². The molecule has 120 valence electrons. The summed E-state index contributed by atoms with van der Waals surface area (Å²) in [6.45, 7) is 1.98. The Morgan fingerprint density at radius 3 is 2.67 bits per heavy atom. The van der Waals surface area contributed by atoms with Crippen LogP contribution in [0.1, 0.15) is 10.6 Å². The highest BCUT2D eigenvalue weighted by molar-refractivity contribution is 7.09. The van der Waals surface area contributed by atoms with Crippen LogP contribution in [-0.4, -0.2) is 10.9 Å². The standard InChI is InChI=1S/C19H15ClN2OS/c1-13-21-18(12-24-13)15-6-8-17(9-7-15)22-19(23)10-5-14-3-2-4-16(20)11-14/h2-12H,1H3,(H,22,23)/b10-5+. The number of aromatic nitrogens is 1. The van der Waals surface area contributed by atoms with Crippen LogP contribution in [0.3, 0.4) is 0 Å². The summed E-state index contributed by atoms with van der Waals surface area (Å²) in [7, 11) is 0. The topological polar surface area (TPSA) is 42.0 Å². The summed E-state index contributed by atoms with van der Waals surface area (Å²) in [5, 5.41) is 6.54. The Bertz CT molecular complexity index is 884. The first-order chi connectivity index (χ1) is 11.6. The van der Waals surface area contributed by atoms with Gasteiger partial charge in [-0.1, -0.05) is 35.9 Å². The Hall–Kier alpha value is -2.43. The molecule has 0 aliphatic heterocycles. The van der Waals surface area contributed by atoms with Crippen LogP contribution in [0.2, 0.25) is 5.02 Å². The molecule has 1 amide bonds. The second-order valence-corrected chi connectivity index (χ2v) is 6.71. The zero-order valence-electron chi connectivity index (χ0n) is 13.0. The van der Waals surface area contributed by atoms with Crippen molar-refractivity contribution in [1.29, 1.82) is 0 Å². The fraction of sp³-hybridized carbons (Fsp3) is 0.0526. The summed E-state index contributed by atoms with van der Waals surface area (Å²) in [5.41, 5.74) is 3.61. The molecule has 0 fully saturated rings. The van der Waals surface area contributed by atoms with Gasteiger partial charge in [0, 0.05) is 27.7 Å². The highest BCUT2D eigenvalue weighted by Crippen LogP contribution is 2.23. The highest BCUT2D eigenvalue weighted by atomic mass is 35.5. The van der Waals surface area contributed by atoms with Gasteiger partial charge in [0.1, 0.15) is 0 Å². The monoisotopic (exact) mass is 354 g/mol. The zero-order chi connectivity index (χ0) is 16.9. The van der Waals surface area contributed by atoms with Crippen molar-refractivity contribution in [3.8, 4) is 11.3 Å². The van der Waals surface area contributed by atoms with Crippen LogP contribution in [0, 0.1) is 6.92 Å². The minimum Gasteiger partial charge on any atom is -0.323 e. The van der Waals surface area contributed by atoms with Crippen molar-refractivity contribution < 1.29 is 4.79 Å². The van der Waals surface area contributed by atoms with Gasteiger partial charge in [-0.25, -0.2) is 4.98 Å². The van der Waals surface area contributed by atoms with Crippen LogP contribution in [-0.2, 0) is 4.79 Å². The molecule has 24 heavy (non-hydrogen) atoms. The number of thiazole rings is 1. The van der Waals surface area contributed by atoms with Crippen LogP contribution in [0.25, 0.3) is 17.3 Å². The van der Waals surface area contributed by atoms with Crippen LogP contribution < -0.4 is 5.32 Å². The van der Waals surface area contributed by atoms with E-state index in [2.05, 4.69) is 10.3 Å². The van der Waals surface area contributed by atoms with Crippen molar-refractivity contribution >= 4 is 40.6 Å². The molecule has 3 rings (SSSR count). The number of carbonyl (C=O) groups excluding carboxylic acids is 1. The van der Waals surface area contributed by atoms with E-state index in [-0.39, 0.29) is 5.91 Å². The van der Waals surface area contributed by atoms with Crippen LogP contribution in [0.4, 0.5) is 5.69 Å². The van der Waals surface area contributed by atoms with E-state index in [4.69, 9.17) is 11.6 Å². The van der Waals surface area contributed by atoms with Gasteiger partial charge in [-0.3, -0.25) is 4.79 Å². The van der Waals surface area contributed by atoms with Gasteiger partial charge in [0.15, 0.2) is 0 Å². The van der Waals surface area contributed by atoms with Gasteiger partial charge in [-0.05, 0) is 42.8 Å². The molecule has 5 heteroatoms. The molecule has 3 nitrogen and oxygen atoms in total. The smallest absolute Gasteiger partial charge is 0.248 e. The van der Waals surface area contributed by atoms with E-state index >= 15 is 0 Å². The van der Waals surface area contributed by atoms with Crippen molar-refractivity contribution in [3.05, 3.63) is 75.6 Å². The maximum absolute atomic E-state index is 12.0. The summed E-state index contributed by atoms with van der Waals surface area (Å²) in [6.07, 6.45) is 3.22. The van der Waals surface area contributed by atoms with E-state index in [9.17, 15) is 4.79 Å². The number of amides is 1. The second kappa shape index (κ2) is 7.43. The molecule has 1 heterocycles. The van der Waals surface area contributed by atoms with Gasteiger partial charge in [0.05, 0.1) is 10.7 Å². The molecule has 0 radical (unpaired) electrons. The van der Waals surface area contributed by atoms with Gasteiger partial charge >= 0.3 is 0 Å². The molecule has 0 aliphatic rings. The maximum Gasteiger partial charge on any atom is 0.248 e. The van der Waals surface area contributed by atoms with Crippen LogP contribution >= 0.6 is 22.9 Å². The van der Waals surface area contributed by atoms with E-state index in [1.807, 2.05) is 48.7 Å². The van der Waals surface area contributed by atoms with Gasteiger partial charge in [0.25, 0.3) is 0 Å². The number of nitrogens with one attached hydrogen (secondary N) is 1. The summed E-state index contributed by atoms with van der Waals surface area (Å²) >= 11 is 7.54. The summed E-state index contributed by atoms with van der Waals surface area (Å²) < 4.78 is 0. The largest absolute Gasteiger partial charge is 0.323 e. The molecule has 0 bridgehead atoms. The summed E-state index contributed by atoms with van der Waals surface area (Å²) in [6, 6.07) is 15.0. The Balaban J connectivity index is 1.64. The number of carbonyl (C=O) groups is 1. The van der Waals surface area contributed by atoms with Gasteiger partial charge < -0.3 is 5.32 Å². The van der Waals surface area contributed by atoms with Crippen LogP contribution in [0.5, 0.6) is 0 Å². The van der Waals surface area contributed by atoms with Crippen molar-refractivity contribution in [2.75, 3.05) is 5.32 Å². The molecule has 0 atom stereocenters. The Morgan fingerprint density at radius 2 is 2.00 bits per heavy atom. The van der Waals surface area contributed by atoms with Gasteiger partial charge in [0.2, 0.25) is 5.91 Å². The fourth-order valence-corrected chi connectivity index (χ4v) is 3.01. The van der Waals surface area contributed by atoms with Crippen molar-refractivity contribution in [2.45, 2.75) is 6.92 Å². The first kappa shape index (κ1) is 16.4. The van der Waals surface area contributed by atoms with Crippen LogP contribution in [0.15, 0.2) is 60.0 Å². The number of aryl methyl sites for hydroxylation is 1. The number of rotatable bonds is 4. The summed E-state index contributed by atoms with van der Waals surface area (Å²) in [5.74, 6) is -0.188. The highest BCUT2D eigenvalue weighted by Gasteiger charge is 2.03. The average molecular weight is 355 g/mol. The summed E-state index contributed by atoms with van der Waals surface area (Å²) in [4.78, 5) is 16.4. The normalized spacial score (nSPS) is 10.9. The zero-order valence-corrected chi connectivity index (χ0v) is 14.6. The lowest BCUT2D eigenvalue weighted by atomic mass is 10.1. The molecule has 0 saturated heterocycles. The van der Waals surface area contributed by atoms with Crippen molar-refractivity contribution in [3.63, 3.8) is 0 Å². The quantitative estimate of drug-likeness (QED) is 0.635. The minimum absolute atomic E-state index is 0.188. The van der Waals surface area contributed by atoms with E-state index in [0.29, 0.717) is 5.02 Å². The Labute approximate surface area is 149 Å². The van der Waals surface area contributed by atoms with Gasteiger partial charge in [-0.2, -0.15) is 0 Å². The first-order valence-corrected chi connectivity index (χ1v) is 8.63. The molecule has 1 N–H and O–H groups in total. The Kier molecular flexibility index (Phi) is 5.08. The third kappa shape index (κ3) is 4.31. The predicted molar refractivity (Wildman–Crippen MR) is 101 cm³/mol. The average Bonchev–Trinajstić information content (AvgIpc) is 3.00. The minimum atomic E-state index is -0.188. The lowest BCUT2D eigenvalue weighted by Gasteiger charge is -2.03. The molecule has 0 saturated carbocycles. The van der Waals surface area contributed by atoms with E-state index < -0.39 is 0 Å². The van der Waals surface area contributed by atoms with Crippen molar-refractivity contribution in [1.82, 2.24) is 4.98 Å².